The Hall–Kier alpha value is -1.55. The molecule has 1 atom stereocenters. The van der Waals surface area contributed by atoms with Crippen LogP contribution in [0.4, 0.5) is 5.69 Å². The first-order chi connectivity index (χ1) is 8.49. The second-order valence-corrected chi connectivity index (χ2v) is 5.14. The Morgan fingerprint density at radius 3 is 2.83 bits per heavy atom. The van der Waals surface area contributed by atoms with E-state index >= 15 is 0 Å². The van der Waals surface area contributed by atoms with Crippen molar-refractivity contribution in [2.75, 3.05) is 32.1 Å². The summed E-state index contributed by atoms with van der Waals surface area (Å²) in [6.45, 7) is 3.36. The smallest absolute Gasteiger partial charge is 0.241 e. The first-order valence-corrected chi connectivity index (χ1v) is 6.32. The maximum absolute atomic E-state index is 11.7. The predicted octanol–water partition coefficient (Wildman–Crippen LogP) is 1.16. The molecule has 4 heteroatoms. The highest BCUT2D eigenvalue weighted by Gasteiger charge is 2.22. The van der Waals surface area contributed by atoms with Crippen LogP contribution in [0.1, 0.15) is 24.1 Å². The van der Waals surface area contributed by atoms with E-state index in [4.69, 9.17) is 5.73 Å². The van der Waals surface area contributed by atoms with Gasteiger partial charge in [0.15, 0.2) is 0 Å². The molecule has 1 amide bonds. The molecule has 98 valence electrons. The number of benzene rings is 1. The number of likely N-dealkylation sites (N-methyl/N-ethyl adjacent to an activating group) is 1. The Labute approximate surface area is 108 Å². The molecule has 1 unspecified atom stereocenters. The van der Waals surface area contributed by atoms with E-state index in [0.717, 1.165) is 18.5 Å². The zero-order valence-corrected chi connectivity index (χ0v) is 11.3. The van der Waals surface area contributed by atoms with Crippen LogP contribution in [-0.4, -0.2) is 38.0 Å². The molecule has 0 radical (unpaired) electrons. The highest BCUT2D eigenvalue weighted by Crippen LogP contribution is 2.29. The van der Waals surface area contributed by atoms with E-state index in [1.807, 2.05) is 6.92 Å². The van der Waals surface area contributed by atoms with E-state index in [0.29, 0.717) is 6.54 Å². The van der Waals surface area contributed by atoms with Crippen LogP contribution in [0.25, 0.3) is 0 Å². The van der Waals surface area contributed by atoms with E-state index in [-0.39, 0.29) is 11.9 Å². The number of nitrogens with zero attached hydrogens (tertiary/aromatic N) is 2. The molecular weight excluding hydrogens is 226 g/mol. The zero-order valence-electron chi connectivity index (χ0n) is 11.3. The van der Waals surface area contributed by atoms with Gasteiger partial charge in [-0.2, -0.15) is 0 Å². The third-order valence-electron chi connectivity index (χ3n) is 3.45. The summed E-state index contributed by atoms with van der Waals surface area (Å²) in [5, 5.41) is 0. The topological polar surface area (TPSA) is 49.6 Å². The van der Waals surface area contributed by atoms with Crippen molar-refractivity contribution in [2.24, 2.45) is 5.73 Å². The minimum absolute atomic E-state index is 0.0627. The monoisotopic (exact) mass is 247 g/mol. The lowest BCUT2D eigenvalue weighted by Gasteiger charge is -2.21. The van der Waals surface area contributed by atoms with Crippen molar-refractivity contribution >= 4 is 11.6 Å². The largest absolute Gasteiger partial charge is 0.362 e. The molecule has 0 saturated carbocycles. The van der Waals surface area contributed by atoms with Crippen molar-refractivity contribution in [1.82, 2.24) is 4.90 Å². The predicted molar refractivity (Wildman–Crippen MR) is 73.7 cm³/mol. The minimum Gasteiger partial charge on any atom is -0.362 e. The molecule has 4 nitrogen and oxygen atoms in total. The molecular formula is C14H21N3O. The first-order valence-electron chi connectivity index (χ1n) is 6.32. The van der Waals surface area contributed by atoms with Crippen molar-refractivity contribution in [3.63, 3.8) is 0 Å². The fourth-order valence-corrected chi connectivity index (χ4v) is 2.24. The summed E-state index contributed by atoms with van der Waals surface area (Å²) < 4.78 is 0. The van der Waals surface area contributed by atoms with E-state index in [2.05, 4.69) is 23.1 Å². The number of fused-ring (bicyclic) bond motifs is 1. The molecule has 0 saturated heterocycles. The number of amides is 1. The lowest BCUT2D eigenvalue weighted by atomic mass is 10.0. The van der Waals surface area contributed by atoms with E-state index in [9.17, 15) is 4.79 Å². The van der Waals surface area contributed by atoms with Gasteiger partial charge in [0.2, 0.25) is 5.91 Å². The van der Waals surface area contributed by atoms with Gasteiger partial charge >= 0.3 is 0 Å². The van der Waals surface area contributed by atoms with Gasteiger partial charge in [-0.15, -0.1) is 0 Å². The average molecular weight is 247 g/mol. The molecule has 1 aliphatic rings. The molecule has 0 aliphatic carbocycles. The summed E-state index contributed by atoms with van der Waals surface area (Å²) in [7, 11) is 3.58. The van der Waals surface area contributed by atoms with Crippen molar-refractivity contribution in [2.45, 2.75) is 19.4 Å². The second-order valence-electron chi connectivity index (χ2n) is 5.14. The van der Waals surface area contributed by atoms with Gasteiger partial charge in [0, 0.05) is 32.4 Å². The van der Waals surface area contributed by atoms with Crippen molar-refractivity contribution in [3.05, 3.63) is 29.3 Å². The van der Waals surface area contributed by atoms with Crippen LogP contribution in [0.15, 0.2) is 18.2 Å². The number of hydrogen-bond acceptors (Lipinski definition) is 3. The van der Waals surface area contributed by atoms with Crippen LogP contribution in [0, 0.1) is 0 Å². The van der Waals surface area contributed by atoms with Crippen LogP contribution in [0.3, 0.4) is 0 Å². The number of rotatable bonds is 3. The third-order valence-corrected chi connectivity index (χ3v) is 3.45. The number of carbonyl (C=O) groups is 1. The number of nitrogens with two attached hydrogens (primary N) is 1. The first kappa shape index (κ1) is 12.9. The van der Waals surface area contributed by atoms with Crippen LogP contribution >= 0.6 is 0 Å². The molecule has 0 fully saturated rings. The minimum atomic E-state index is 0.0627. The molecule has 1 aromatic rings. The molecule has 0 bridgehead atoms. The summed E-state index contributed by atoms with van der Waals surface area (Å²) in [6.07, 6.45) is 0.997. The quantitative estimate of drug-likeness (QED) is 0.872. The SMILES string of the molecule is CC(N)c1ccc2c(c1)CCN2CC(=O)N(C)C. The molecule has 0 aromatic heterocycles. The highest BCUT2D eigenvalue weighted by atomic mass is 16.2. The maximum Gasteiger partial charge on any atom is 0.241 e. The summed E-state index contributed by atoms with van der Waals surface area (Å²) in [5.41, 5.74) is 9.53. The molecule has 1 aromatic carbocycles. The molecule has 1 heterocycles. The second kappa shape index (κ2) is 4.98. The number of anilines is 1. The number of carbonyl (C=O) groups excluding carboxylic acids is 1. The van der Waals surface area contributed by atoms with Crippen molar-refractivity contribution < 1.29 is 4.79 Å². The summed E-state index contributed by atoms with van der Waals surface area (Å²) in [4.78, 5) is 15.5. The van der Waals surface area contributed by atoms with Gasteiger partial charge in [0.25, 0.3) is 0 Å². The average Bonchev–Trinajstić information content (AvgIpc) is 2.71. The van der Waals surface area contributed by atoms with E-state index in [1.54, 1.807) is 19.0 Å². The number of hydrogen-bond donors (Lipinski definition) is 1. The normalized spacial score (nSPS) is 15.4. The Kier molecular flexibility index (Phi) is 3.57. The fourth-order valence-electron chi connectivity index (χ4n) is 2.24. The van der Waals surface area contributed by atoms with E-state index in [1.165, 1.54) is 11.3 Å². The van der Waals surface area contributed by atoms with Gasteiger partial charge < -0.3 is 15.5 Å². The standard InChI is InChI=1S/C14H21N3O/c1-10(15)11-4-5-13-12(8-11)6-7-17(13)9-14(18)16(2)3/h4-5,8,10H,6-7,9,15H2,1-3H3. The lowest BCUT2D eigenvalue weighted by molar-refractivity contribution is -0.127. The molecule has 2 rings (SSSR count). The summed E-state index contributed by atoms with van der Waals surface area (Å²) >= 11 is 0. The van der Waals surface area contributed by atoms with Gasteiger partial charge in [-0.25, -0.2) is 0 Å². The van der Waals surface area contributed by atoms with Gasteiger partial charge in [-0.1, -0.05) is 12.1 Å². The molecule has 2 N–H and O–H groups in total. The van der Waals surface area contributed by atoms with Crippen LogP contribution in [0.5, 0.6) is 0 Å². The Morgan fingerprint density at radius 2 is 2.22 bits per heavy atom. The van der Waals surface area contributed by atoms with Crippen molar-refractivity contribution in [3.8, 4) is 0 Å². The highest BCUT2D eigenvalue weighted by molar-refractivity contribution is 5.82. The van der Waals surface area contributed by atoms with Crippen LogP contribution in [-0.2, 0) is 11.2 Å². The molecule has 18 heavy (non-hydrogen) atoms. The summed E-state index contributed by atoms with van der Waals surface area (Å²) in [5.74, 6) is 0.138. The van der Waals surface area contributed by atoms with Gasteiger partial charge in [0.1, 0.15) is 0 Å². The molecule has 1 aliphatic heterocycles. The van der Waals surface area contributed by atoms with Crippen molar-refractivity contribution in [1.29, 1.82) is 0 Å². The Morgan fingerprint density at radius 1 is 1.50 bits per heavy atom. The third kappa shape index (κ3) is 2.48. The van der Waals surface area contributed by atoms with Crippen LogP contribution < -0.4 is 10.6 Å². The fraction of sp³-hybridized carbons (Fsp3) is 0.500. The molecule has 0 spiro atoms. The summed E-state index contributed by atoms with van der Waals surface area (Å²) in [6, 6.07) is 6.37. The van der Waals surface area contributed by atoms with Gasteiger partial charge in [0.05, 0.1) is 6.54 Å². The van der Waals surface area contributed by atoms with Gasteiger partial charge in [-0.05, 0) is 30.5 Å². The Balaban J connectivity index is 2.16. The zero-order chi connectivity index (χ0) is 13.3. The lowest BCUT2D eigenvalue weighted by Crippen LogP contribution is -2.35. The van der Waals surface area contributed by atoms with Gasteiger partial charge in [-0.3, -0.25) is 4.79 Å². The van der Waals surface area contributed by atoms with E-state index < -0.39 is 0 Å². The maximum atomic E-state index is 11.7. The Bertz CT molecular complexity index is 454. The van der Waals surface area contributed by atoms with Crippen LogP contribution in [0.2, 0.25) is 0 Å².